The summed E-state index contributed by atoms with van der Waals surface area (Å²) in [6.45, 7) is 2.00. The van der Waals surface area contributed by atoms with Crippen LogP contribution in [-0.4, -0.2) is 11.4 Å². The Hall–Kier alpha value is 0.132. The molecule has 1 N–H and O–H groups in total. The van der Waals surface area contributed by atoms with E-state index in [0.717, 1.165) is 12.8 Å². The van der Waals surface area contributed by atoms with E-state index in [1.54, 1.807) is 0 Å². The molecule has 43 valence electrons. The van der Waals surface area contributed by atoms with E-state index in [9.17, 15) is 0 Å². The molecule has 7 heavy (non-hydrogen) atoms. The first-order chi connectivity index (χ1) is 2.91. The first-order valence-corrected chi connectivity index (χ1v) is 1.98. The summed E-state index contributed by atoms with van der Waals surface area (Å²) in [6.07, 6.45) is 4.12. The molecule has 0 heterocycles. The van der Waals surface area contributed by atoms with Crippen molar-refractivity contribution in [2.75, 3.05) is 0 Å². The van der Waals surface area contributed by atoms with Crippen LogP contribution < -0.4 is 0 Å². The normalized spacial score (nSPS) is 8.71. The molecular weight excluding hydrogens is 264 g/mol. The molecule has 0 aromatic rings. The smallest absolute Gasteiger partial charge is 0 e. The van der Waals surface area contributed by atoms with Crippen LogP contribution in [0, 0.1) is 0 Å². The molecular formula is C4H8NORe-. The zero-order valence-corrected chi connectivity index (χ0v) is 6.90. The molecule has 0 aromatic carbocycles. The predicted octanol–water partition coefficient (Wildman–Crippen LogP) is 1.12. The fraction of sp³-hybridized carbons (Fsp3) is 0.750. The molecule has 0 aromatic heterocycles. The van der Waals surface area contributed by atoms with Gasteiger partial charge >= 0.3 is 0 Å². The van der Waals surface area contributed by atoms with Crippen LogP contribution in [0.5, 0.6) is 0 Å². The summed E-state index contributed by atoms with van der Waals surface area (Å²) in [5.41, 5.74) is 0. The Morgan fingerprint density at radius 1 is 1.71 bits per heavy atom. The van der Waals surface area contributed by atoms with Crippen LogP contribution >= 0.6 is 0 Å². The third kappa shape index (κ3) is 10.7. The maximum atomic E-state index is 7.71. The van der Waals surface area contributed by atoms with Crippen molar-refractivity contribution in [3.05, 3.63) is 0 Å². The standard InChI is InChI=1S/C4H8NO.Re/c1-2-3-4-5-6;/h6H,2-3H2,1H3;/q-1;. The SMILES string of the molecule is CCC[C-]=NO.[Re]. The van der Waals surface area contributed by atoms with Crippen LogP contribution in [0.4, 0.5) is 0 Å². The fourth-order valence-electron chi connectivity index (χ4n) is 0.162. The largest absolute Gasteiger partial charge is 0.447 e. The minimum atomic E-state index is 0. The minimum absolute atomic E-state index is 0. The summed E-state index contributed by atoms with van der Waals surface area (Å²) in [7, 11) is 0. The van der Waals surface area contributed by atoms with Gasteiger partial charge in [0.2, 0.25) is 0 Å². The molecule has 2 nitrogen and oxygen atoms in total. The Kier molecular flexibility index (Phi) is 13.8. The molecule has 0 aliphatic carbocycles. The molecule has 0 rings (SSSR count). The number of rotatable bonds is 2. The number of hydrogen-bond acceptors (Lipinski definition) is 2. The molecule has 0 bridgehead atoms. The topological polar surface area (TPSA) is 32.6 Å². The van der Waals surface area contributed by atoms with Gasteiger partial charge in [-0.25, -0.2) is 0 Å². The van der Waals surface area contributed by atoms with E-state index in [-0.39, 0.29) is 20.4 Å². The molecule has 1 radical (unpaired) electrons. The van der Waals surface area contributed by atoms with Crippen LogP contribution in [-0.2, 0) is 20.4 Å². The van der Waals surface area contributed by atoms with Crippen LogP contribution in [0.15, 0.2) is 5.16 Å². The zero-order chi connectivity index (χ0) is 4.83. The molecule has 3 heteroatoms. The number of nitrogens with zero attached hydrogens (tertiary/aromatic N) is 1. The van der Waals surface area contributed by atoms with E-state index in [4.69, 9.17) is 5.21 Å². The van der Waals surface area contributed by atoms with Crippen LogP contribution in [0.25, 0.3) is 0 Å². The first-order valence-electron chi connectivity index (χ1n) is 1.98. The van der Waals surface area contributed by atoms with Crippen molar-refractivity contribution in [3.8, 4) is 0 Å². The van der Waals surface area contributed by atoms with Gasteiger partial charge in [0.05, 0.1) is 0 Å². The Balaban J connectivity index is 0. The van der Waals surface area contributed by atoms with Gasteiger partial charge < -0.3 is 16.6 Å². The molecule has 0 aliphatic rings. The van der Waals surface area contributed by atoms with Gasteiger partial charge in [-0.05, 0) is 0 Å². The van der Waals surface area contributed by atoms with Crippen molar-refractivity contribution < 1.29 is 25.6 Å². The van der Waals surface area contributed by atoms with E-state index >= 15 is 0 Å². The second kappa shape index (κ2) is 9.46. The maximum Gasteiger partial charge on any atom is 0 e. The van der Waals surface area contributed by atoms with Gasteiger partial charge in [-0.15, -0.1) is 0 Å². The average molecular weight is 272 g/mol. The molecule has 0 spiro atoms. The van der Waals surface area contributed by atoms with E-state index < -0.39 is 0 Å². The van der Waals surface area contributed by atoms with E-state index in [0.29, 0.717) is 0 Å². The summed E-state index contributed by atoms with van der Waals surface area (Å²) in [5, 5.41) is 10.4. The molecule has 0 fully saturated rings. The molecule has 0 saturated heterocycles. The van der Waals surface area contributed by atoms with Gasteiger partial charge in [-0.3, -0.25) is 0 Å². The molecule has 0 atom stereocenters. The summed E-state index contributed by atoms with van der Waals surface area (Å²) < 4.78 is 0. The van der Waals surface area contributed by atoms with Gasteiger partial charge in [0, 0.05) is 20.4 Å². The van der Waals surface area contributed by atoms with Crippen LogP contribution in [0.1, 0.15) is 19.8 Å². The van der Waals surface area contributed by atoms with Crippen molar-refractivity contribution in [1.29, 1.82) is 0 Å². The fourth-order valence-corrected chi connectivity index (χ4v) is 0.162. The Labute approximate surface area is 57.3 Å². The van der Waals surface area contributed by atoms with Crippen molar-refractivity contribution >= 4 is 6.21 Å². The number of unbranched alkanes of at least 4 members (excludes halogenated alkanes) is 1. The summed E-state index contributed by atoms with van der Waals surface area (Å²) in [4.78, 5) is 0. The second-order valence-electron chi connectivity index (χ2n) is 1.01. The minimum Gasteiger partial charge on any atom is -0.447 e. The number of hydrogen-bond donors (Lipinski definition) is 1. The Morgan fingerprint density at radius 2 is 2.29 bits per heavy atom. The van der Waals surface area contributed by atoms with Crippen molar-refractivity contribution in [2.45, 2.75) is 19.8 Å². The third-order valence-corrected chi connectivity index (χ3v) is 0.433. The summed E-state index contributed by atoms with van der Waals surface area (Å²) in [5.74, 6) is 0. The summed E-state index contributed by atoms with van der Waals surface area (Å²) >= 11 is 0. The Morgan fingerprint density at radius 3 is 2.43 bits per heavy atom. The van der Waals surface area contributed by atoms with Crippen molar-refractivity contribution in [2.24, 2.45) is 5.16 Å². The van der Waals surface area contributed by atoms with E-state index in [2.05, 4.69) is 11.4 Å². The Bertz CT molecular complexity index is 47.0. The first kappa shape index (κ1) is 10.2. The molecule has 0 amide bonds. The van der Waals surface area contributed by atoms with E-state index in [1.165, 1.54) is 0 Å². The van der Waals surface area contributed by atoms with Gasteiger partial charge in [0.1, 0.15) is 0 Å². The van der Waals surface area contributed by atoms with Gasteiger partial charge in [-0.1, -0.05) is 13.3 Å². The maximum absolute atomic E-state index is 7.71. The van der Waals surface area contributed by atoms with Crippen LogP contribution in [0.3, 0.4) is 0 Å². The van der Waals surface area contributed by atoms with Gasteiger partial charge in [-0.2, -0.15) is 6.42 Å². The van der Waals surface area contributed by atoms with Gasteiger partial charge in [0.15, 0.2) is 0 Å². The monoisotopic (exact) mass is 273 g/mol. The predicted molar refractivity (Wildman–Crippen MR) is 24.1 cm³/mol. The zero-order valence-electron chi connectivity index (χ0n) is 4.19. The molecule has 0 unspecified atom stereocenters. The van der Waals surface area contributed by atoms with Crippen molar-refractivity contribution in [3.63, 3.8) is 0 Å². The summed E-state index contributed by atoms with van der Waals surface area (Å²) in [6, 6.07) is 0. The second-order valence-corrected chi connectivity index (χ2v) is 1.01. The quantitative estimate of drug-likeness (QED) is 0.347. The molecule has 0 aliphatic heterocycles. The molecule has 0 saturated carbocycles. The third-order valence-electron chi connectivity index (χ3n) is 0.433. The average Bonchev–Trinajstić information content (AvgIpc) is 1.61. The van der Waals surface area contributed by atoms with Crippen LogP contribution in [0.2, 0.25) is 0 Å². The van der Waals surface area contributed by atoms with Crippen molar-refractivity contribution in [1.82, 2.24) is 0 Å². The van der Waals surface area contributed by atoms with E-state index in [1.807, 2.05) is 6.92 Å². The van der Waals surface area contributed by atoms with Gasteiger partial charge in [0.25, 0.3) is 0 Å².